The van der Waals surface area contributed by atoms with E-state index in [1.807, 2.05) is 6.07 Å². The Bertz CT molecular complexity index is 491. The molecule has 0 saturated heterocycles. The lowest BCUT2D eigenvalue weighted by Crippen LogP contribution is -2.23. The fourth-order valence-electron chi connectivity index (χ4n) is 1.98. The third kappa shape index (κ3) is 1.80. The number of nitrogens with zero attached hydrogens (tertiary/aromatic N) is 1. The number of aryl methyl sites for hydroxylation is 2. The van der Waals surface area contributed by atoms with Gasteiger partial charge in [0.15, 0.2) is 12.4 Å². The van der Waals surface area contributed by atoms with Crippen molar-refractivity contribution in [2.75, 3.05) is 0 Å². The molecule has 0 aliphatic heterocycles. The van der Waals surface area contributed by atoms with Crippen LogP contribution in [0.4, 0.5) is 0 Å². The minimum Gasteiger partial charge on any atom is -0.619 e. The van der Waals surface area contributed by atoms with Gasteiger partial charge < -0.3 is 5.21 Å². The van der Waals surface area contributed by atoms with E-state index < -0.39 is 0 Å². The van der Waals surface area contributed by atoms with Crippen molar-refractivity contribution in [1.82, 2.24) is 0 Å². The topological polar surface area (TPSA) is 26.9 Å². The molecule has 1 aromatic heterocycles. The molecule has 0 unspecified atom stereocenters. The van der Waals surface area contributed by atoms with Crippen molar-refractivity contribution in [2.24, 2.45) is 0 Å². The van der Waals surface area contributed by atoms with Gasteiger partial charge in [-0.25, -0.2) is 0 Å². The largest absolute Gasteiger partial charge is 0.619 e. The molecular formula is C13H15NO. The molecule has 2 heteroatoms. The van der Waals surface area contributed by atoms with Gasteiger partial charge in [0.1, 0.15) is 0 Å². The van der Waals surface area contributed by atoms with Crippen LogP contribution in [-0.2, 0) is 12.8 Å². The normalized spacial score (nSPS) is 10.8. The standard InChI is InChI=1S/C13H15NO/c1-3-10-7-12-5-6-14(15)9-13(12)8-11(10)4-2/h5-9H,3-4H2,1-2H3. The molecule has 2 rings (SSSR count). The zero-order chi connectivity index (χ0) is 10.8. The second kappa shape index (κ2) is 3.89. The van der Waals surface area contributed by atoms with Gasteiger partial charge in [0.05, 0.1) is 0 Å². The fourth-order valence-corrected chi connectivity index (χ4v) is 1.98. The quantitative estimate of drug-likeness (QED) is 0.542. The molecule has 0 aliphatic carbocycles. The van der Waals surface area contributed by atoms with Gasteiger partial charge >= 0.3 is 0 Å². The summed E-state index contributed by atoms with van der Waals surface area (Å²) >= 11 is 0. The SMILES string of the molecule is CCc1cc2cc[n+]([O-])cc2cc1CC. The molecule has 2 nitrogen and oxygen atoms in total. The van der Waals surface area contributed by atoms with Crippen LogP contribution in [0.2, 0.25) is 0 Å². The van der Waals surface area contributed by atoms with Gasteiger partial charge in [-0.3, -0.25) is 0 Å². The maximum atomic E-state index is 11.2. The summed E-state index contributed by atoms with van der Waals surface area (Å²) in [6, 6.07) is 6.19. The van der Waals surface area contributed by atoms with Crippen LogP contribution in [0.25, 0.3) is 10.8 Å². The van der Waals surface area contributed by atoms with Crippen molar-refractivity contribution in [1.29, 1.82) is 0 Å². The van der Waals surface area contributed by atoms with Gasteiger partial charge in [0, 0.05) is 11.5 Å². The first-order valence-electron chi connectivity index (χ1n) is 5.39. The Morgan fingerprint density at radius 2 is 1.67 bits per heavy atom. The highest BCUT2D eigenvalue weighted by atomic mass is 16.5. The van der Waals surface area contributed by atoms with E-state index in [9.17, 15) is 5.21 Å². The molecule has 15 heavy (non-hydrogen) atoms. The van der Waals surface area contributed by atoms with E-state index >= 15 is 0 Å². The summed E-state index contributed by atoms with van der Waals surface area (Å²) in [4.78, 5) is 0. The van der Waals surface area contributed by atoms with Gasteiger partial charge in [-0.05, 0) is 35.4 Å². The maximum absolute atomic E-state index is 11.2. The Morgan fingerprint density at radius 1 is 1.07 bits per heavy atom. The first kappa shape index (κ1) is 9.97. The number of fused-ring (bicyclic) bond motifs is 1. The lowest BCUT2D eigenvalue weighted by Gasteiger charge is -2.07. The van der Waals surface area contributed by atoms with E-state index in [-0.39, 0.29) is 0 Å². The maximum Gasteiger partial charge on any atom is 0.188 e. The highest BCUT2D eigenvalue weighted by molar-refractivity contribution is 5.82. The number of rotatable bonds is 2. The minimum absolute atomic E-state index is 0.855. The number of hydrogen-bond acceptors (Lipinski definition) is 1. The molecule has 0 aliphatic rings. The Morgan fingerprint density at radius 3 is 2.27 bits per heavy atom. The van der Waals surface area contributed by atoms with Crippen molar-refractivity contribution in [3.05, 3.63) is 46.9 Å². The van der Waals surface area contributed by atoms with Crippen molar-refractivity contribution in [3.8, 4) is 0 Å². The van der Waals surface area contributed by atoms with E-state index in [0.717, 1.165) is 28.3 Å². The van der Waals surface area contributed by atoms with E-state index in [2.05, 4.69) is 26.0 Å². The van der Waals surface area contributed by atoms with E-state index in [0.29, 0.717) is 0 Å². The third-order valence-corrected chi connectivity index (χ3v) is 2.83. The van der Waals surface area contributed by atoms with E-state index in [4.69, 9.17) is 0 Å². The smallest absolute Gasteiger partial charge is 0.188 e. The molecule has 0 fully saturated rings. The zero-order valence-corrected chi connectivity index (χ0v) is 9.16. The number of benzene rings is 1. The van der Waals surface area contributed by atoms with Crippen LogP contribution < -0.4 is 4.73 Å². The molecule has 0 bridgehead atoms. The lowest BCUT2D eigenvalue weighted by atomic mass is 9.99. The molecule has 0 atom stereocenters. The minimum atomic E-state index is 0.855. The predicted molar refractivity (Wildman–Crippen MR) is 61.7 cm³/mol. The van der Waals surface area contributed by atoms with E-state index in [1.165, 1.54) is 11.1 Å². The van der Waals surface area contributed by atoms with Crippen molar-refractivity contribution < 1.29 is 4.73 Å². The summed E-state index contributed by atoms with van der Waals surface area (Å²) in [5.41, 5.74) is 2.73. The summed E-state index contributed by atoms with van der Waals surface area (Å²) < 4.78 is 0.855. The van der Waals surface area contributed by atoms with Crippen molar-refractivity contribution >= 4 is 10.8 Å². The summed E-state index contributed by atoms with van der Waals surface area (Å²) in [5.74, 6) is 0. The molecule has 78 valence electrons. The molecule has 0 N–H and O–H groups in total. The molecular weight excluding hydrogens is 186 g/mol. The monoisotopic (exact) mass is 201 g/mol. The second-order valence-electron chi connectivity index (χ2n) is 3.76. The number of hydrogen-bond donors (Lipinski definition) is 0. The molecule has 1 aromatic carbocycles. The second-order valence-corrected chi connectivity index (χ2v) is 3.76. The van der Waals surface area contributed by atoms with Gasteiger partial charge in [0.25, 0.3) is 0 Å². The van der Waals surface area contributed by atoms with Crippen molar-refractivity contribution in [3.63, 3.8) is 0 Å². The summed E-state index contributed by atoms with van der Waals surface area (Å²) in [6.45, 7) is 4.31. The van der Waals surface area contributed by atoms with Crippen LogP contribution in [0.1, 0.15) is 25.0 Å². The van der Waals surface area contributed by atoms with Crippen LogP contribution in [-0.4, -0.2) is 0 Å². The van der Waals surface area contributed by atoms with Crippen LogP contribution in [0.5, 0.6) is 0 Å². The first-order chi connectivity index (χ1) is 7.24. The Hall–Kier alpha value is -1.57. The van der Waals surface area contributed by atoms with E-state index in [1.54, 1.807) is 12.4 Å². The summed E-state index contributed by atoms with van der Waals surface area (Å²) in [5, 5.41) is 13.3. The predicted octanol–water partition coefficient (Wildman–Crippen LogP) is 2.60. The zero-order valence-electron chi connectivity index (χ0n) is 9.16. The van der Waals surface area contributed by atoms with Gasteiger partial charge in [0.2, 0.25) is 0 Å². The molecule has 2 aromatic rings. The van der Waals surface area contributed by atoms with Gasteiger partial charge in [-0.15, -0.1) is 0 Å². The fraction of sp³-hybridized carbons (Fsp3) is 0.308. The Labute approximate surface area is 89.8 Å². The van der Waals surface area contributed by atoms with Gasteiger partial charge in [-0.2, -0.15) is 4.73 Å². The van der Waals surface area contributed by atoms with Crippen LogP contribution >= 0.6 is 0 Å². The lowest BCUT2D eigenvalue weighted by molar-refractivity contribution is -0.603. The molecule has 0 spiro atoms. The average molecular weight is 201 g/mol. The molecule has 0 saturated carbocycles. The molecule has 0 radical (unpaired) electrons. The third-order valence-electron chi connectivity index (χ3n) is 2.83. The number of aromatic nitrogens is 1. The molecule has 1 heterocycles. The number of pyridine rings is 1. The van der Waals surface area contributed by atoms with Crippen molar-refractivity contribution in [2.45, 2.75) is 26.7 Å². The Balaban J connectivity index is 2.69. The summed E-state index contributed by atoms with van der Waals surface area (Å²) in [6.07, 6.45) is 5.25. The first-order valence-corrected chi connectivity index (χ1v) is 5.39. The highest BCUT2D eigenvalue weighted by Crippen LogP contribution is 2.19. The van der Waals surface area contributed by atoms with Gasteiger partial charge in [-0.1, -0.05) is 19.9 Å². The van der Waals surface area contributed by atoms with Crippen LogP contribution in [0, 0.1) is 5.21 Å². The van der Waals surface area contributed by atoms with Crippen LogP contribution in [0.3, 0.4) is 0 Å². The Kier molecular flexibility index (Phi) is 2.58. The molecule has 0 amide bonds. The van der Waals surface area contributed by atoms with Crippen LogP contribution in [0.15, 0.2) is 30.6 Å². The summed E-state index contributed by atoms with van der Waals surface area (Å²) in [7, 11) is 0. The average Bonchev–Trinajstić information content (AvgIpc) is 2.27. The highest BCUT2D eigenvalue weighted by Gasteiger charge is 2.04.